The van der Waals surface area contributed by atoms with Gasteiger partial charge in [0.05, 0.1) is 18.1 Å². The number of rotatable bonds is 7. The number of anilines is 1. The summed E-state index contributed by atoms with van der Waals surface area (Å²) in [7, 11) is -3.47. The van der Waals surface area contributed by atoms with E-state index < -0.39 is 10.0 Å². The van der Waals surface area contributed by atoms with Gasteiger partial charge in [0.25, 0.3) is 0 Å². The molecule has 28 heavy (non-hydrogen) atoms. The molecule has 2 aromatic rings. The highest BCUT2D eigenvalue weighted by Gasteiger charge is 2.17. The van der Waals surface area contributed by atoms with Crippen LogP contribution >= 0.6 is 0 Å². The fourth-order valence-corrected chi connectivity index (χ4v) is 4.88. The van der Waals surface area contributed by atoms with Crippen LogP contribution in [-0.4, -0.2) is 41.3 Å². The van der Waals surface area contributed by atoms with Crippen LogP contribution in [0, 0.1) is 20.8 Å². The van der Waals surface area contributed by atoms with Gasteiger partial charge in [0.1, 0.15) is 0 Å². The second-order valence-corrected chi connectivity index (χ2v) is 9.20. The van der Waals surface area contributed by atoms with Crippen LogP contribution in [-0.2, 0) is 21.2 Å². The summed E-state index contributed by atoms with van der Waals surface area (Å²) in [6, 6.07) is 12.2. The Morgan fingerprint density at radius 2 is 1.61 bits per heavy atom. The van der Waals surface area contributed by atoms with Crippen molar-refractivity contribution in [2.24, 2.45) is 0 Å². The molecule has 5 nitrogen and oxygen atoms in total. The van der Waals surface area contributed by atoms with Crippen molar-refractivity contribution >= 4 is 15.7 Å². The molecule has 1 N–H and O–H groups in total. The second-order valence-electron chi connectivity index (χ2n) is 7.47. The number of nitrogens with zero attached hydrogens (tertiary/aromatic N) is 1. The number of nitrogens with one attached hydrogen (secondary N) is 1. The Labute approximate surface area is 168 Å². The largest absolute Gasteiger partial charge is 0.378 e. The maximum atomic E-state index is 12.6. The molecule has 0 aliphatic carbocycles. The predicted octanol–water partition coefficient (Wildman–Crippen LogP) is 3.36. The number of ether oxygens (including phenoxy) is 1. The summed E-state index contributed by atoms with van der Waals surface area (Å²) in [4.78, 5) is 2.71. The standard InChI is InChI=1S/C22H30N2O3S/c1-17-15-19(3)22(16-18(17)2)28(25,26)23-10-4-5-20-6-8-21(9-7-20)24-11-13-27-14-12-24/h6-9,15-16,23H,4-5,10-14H2,1-3H3. The molecule has 1 aliphatic rings. The van der Waals surface area contributed by atoms with Gasteiger partial charge in [0.2, 0.25) is 10.0 Å². The van der Waals surface area contributed by atoms with Crippen molar-refractivity contribution in [3.63, 3.8) is 0 Å². The molecule has 2 aromatic carbocycles. The first-order valence-electron chi connectivity index (χ1n) is 9.86. The van der Waals surface area contributed by atoms with E-state index in [4.69, 9.17) is 4.74 Å². The third-order valence-corrected chi connectivity index (χ3v) is 6.93. The van der Waals surface area contributed by atoms with Gasteiger partial charge < -0.3 is 9.64 Å². The third kappa shape index (κ3) is 5.13. The van der Waals surface area contributed by atoms with Crippen molar-refractivity contribution in [3.05, 3.63) is 58.7 Å². The molecule has 1 saturated heterocycles. The monoisotopic (exact) mass is 402 g/mol. The number of benzene rings is 2. The van der Waals surface area contributed by atoms with Crippen LogP contribution in [0.15, 0.2) is 41.3 Å². The first-order valence-corrected chi connectivity index (χ1v) is 11.3. The van der Waals surface area contributed by atoms with Gasteiger partial charge in [-0.1, -0.05) is 18.2 Å². The quantitative estimate of drug-likeness (QED) is 0.722. The average molecular weight is 403 g/mol. The topological polar surface area (TPSA) is 58.6 Å². The first-order chi connectivity index (χ1) is 13.4. The molecule has 0 amide bonds. The molecule has 0 spiro atoms. The van der Waals surface area contributed by atoms with E-state index >= 15 is 0 Å². The van der Waals surface area contributed by atoms with E-state index in [1.54, 1.807) is 6.07 Å². The summed E-state index contributed by atoms with van der Waals surface area (Å²) in [5, 5.41) is 0. The molecule has 0 saturated carbocycles. The number of hydrogen-bond donors (Lipinski definition) is 1. The Kier molecular flexibility index (Phi) is 6.75. The fraction of sp³-hybridized carbons (Fsp3) is 0.455. The predicted molar refractivity (Wildman–Crippen MR) is 114 cm³/mol. The van der Waals surface area contributed by atoms with E-state index in [2.05, 4.69) is 33.9 Å². The molecule has 1 fully saturated rings. The summed E-state index contributed by atoms with van der Waals surface area (Å²) in [6.45, 7) is 9.63. The molecule has 0 atom stereocenters. The number of morpholine rings is 1. The van der Waals surface area contributed by atoms with Crippen molar-refractivity contribution in [2.75, 3.05) is 37.7 Å². The molecule has 1 heterocycles. The highest BCUT2D eigenvalue weighted by atomic mass is 32.2. The summed E-state index contributed by atoms with van der Waals surface area (Å²) in [5.41, 5.74) is 5.33. The lowest BCUT2D eigenvalue weighted by Crippen LogP contribution is -2.36. The summed E-state index contributed by atoms with van der Waals surface area (Å²) < 4.78 is 33.4. The summed E-state index contributed by atoms with van der Waals surface area (Å²) in [6.07, 6.45) is 1.61. The van der Waals surface area contributed by atoms with E-state index in [1.807, 2.05) is 26.8 Å². The SMILES string of the molecule is Cc1cc(C)c(S(=O)(=O)NCCCc2ccc(N3CCOCC3)cc2)cc1C. The highest BCUT2D eigenvalue weighted by molar-refractivity contribution is 7.89. The molecule has 6 heteroatoms. The lowest BCUT2D eigenvalue weighted by atomic mass is 10.1. The summed E-state index contributed by atoms with van der Waals surface area (Å²) >= 11 is 0. The zero-order chi connectivity index (χ0) is 20.1. The minimum atomic E-state index is -3.47. The van der Waals surface area contributed by atoms with Crippen LogP contribution in [0.2, 0.25) is 0 Å². The van der Waals surface area contributed by atoms with Crippen LogP contribution in [0.1, 0.15) is 28.7 Å². The van der Waals surface area contributed by atoms with Gasteiger partial charge in [-0.3, -0.25) is 0 Å². The Balaban J connectivity index is 1.52. The molecule has 0 bridgehead atoms. The van der Waals surface area contributed by atoms with Gasteiger partial charge in [-0.05, 0) is 74.1 Å². The molecule has 0 aromatic heterocycles. The van der Waals surface area contributed by atoms with Crippen molar-refractivity contribution in [1.29, 1.82) is 0 Å². The minimum absolute atomic E-state index is 0.380. The molecule has 3 rings (SSSR count). The van der Waals surface area contributed by atoms with Gasteiger partial charge in [-0.25, -0.2) is 13.1 Å². The fourth-order valence-electron chi connectivity index (χ4n) is 3.50. The second kappa shape index (κ2) is 9.07. The Hall–Kier alpha value is -1.89. The van der Waals surface area contributed by atoms with Crippen molar-refractivity contribution in [2.45, 2.75) is 38.5 Å². The Morgan fingerprint density at radius 1 is 0.964 bits per heavy atom. The molecule has 152 valence electrons. The highest BCUT2D eigenvalue weighted by Crippen LogP contribution is 2.20. The molecule has 0 unspecified atom stereocenters. The van der Waals surface area contributed by atoms with E-state index in [0.29, 0.717) is 11.4 Å². The number of hydrogen-bond acceptors (Lipinski definition) is 4. The number of aryl methyl sites for hydroxylation is 4. The van der Waals surface area contributed by atoms with Gasteiger partial charge in [-0.15, -0.1) is 0 Å². The Morgan fingerprint density at radius 3 is 2.29 bits per heavy atom. The van der Waals surface area contributed by atoms with Crippen LogP contribution in [0.5, 0.6) is 0 Å². The summed E-state index contributed by atoms with van der Waals surface area (Å²) in [5.74, 6) is 0. The maximum Gasteiger partial charge on any atom is 0.240 e. The van der Waals surface area contributed by atoms with Crippen LogP contribution in [0.3, 0.4) is 0 Å². The first kappa shape index (κ1) is 20.8. The van der Waals surface area contributed by atoms with Gasteiger partial charge in [0, 0.05) is 25.3 Å². The van der Waals surface area contributed by atoms with E-state index in [-0.39, 0.29) is 0 Å². The van der Waals surface area contributed by atoms with E-state index in [9.17, 15) is 8.42 Å². The number of sulfonamides is 1. The normalized spacial score (nSPS) is 15.0. The van der Waals surface area contributed by atoms with Crippen LogP contribution < -0.4 is 9.62 Å². The zero-order valence-electron chi connectivity index (χ0n) is 17.0. The average Bonchev–Trinajstić information content (AvgIpc) is 2.69. The lowest BCUT2D eigenvalue weighted by molar-refractivity contribution is 0.122. The van der Waals surface area contributed by atoms with Gasteiger partial charge >= 0.3 is 0 Å². The lowest BCUT2D eigenvalue weighted by Gasteiger charge is -2.28. The molecule has 0 radical (unpaired) electrons. The van der Waals surface area contributed by atoms with E-state index in [0.717, 1.165) is 55.8 Å². The third-order valence-electron chi connectivity index (χ3n) is 5.33. The van der Waals surface area contributed by atoms with Gasteiger partial charge in [-0.2, -0.15) is 0 Å². The van der Waals surface area contributed by atoms with Gasteiger partial charge in [0.15, 0.2) is 0 Å². The van der Waals surface area contributed by atoms with E-state index in [1.165, 1.54) is 11.3 Å². The van der Waals surface area contributed by atoms with Crippen LogP contribution in [0.4, 0.5) is 5.69 Å². The van der Waals surface area contributed by atoms with Crippen molar-refractivity contribution in [3.8, 4) is 0 Å². The van der Waals surface area contributed by atoms with Crippen molar-refractivity contribution in [1.82, 2.24) is 4.72 Å². The molecular weight excluding hydrogens is 372 g/mol. The van der Waals surface area contributed by atoms with Crippen molar-refractivity contribution < 1.29 is 13.2 Å². The smallest absolute Gasteiger partial charge is 0.240 e. The molecule has 1 aliphatic heterocycles. The van der Waals surface area contributed by atoms with Crippen LogP contribution in [0.25, 0.3) is 0 Å². The minimum Gasteiger partial charge on any atom is -0.378 e. The zero-order valence-corrected chi connectivity index (χ0v) is 17.8. The maximum absolute atomic E-state index is 12.6. The Bertz CT molecular complexity index is 902. The molecular formula is C22H30N2O3S.